The average Bonchev–Trinajstić information content (AvgIpc) is 3.05. The van der Waals surface area contributed by atoms with Crippen molar-refractivity contribution < 1.29 is 19.1 Å². The average molecular weight is 336 g/mol. The van der Waals surface area contributed by atoms with Crippen molar-refractivity contribution >= 4 is 12.6 Å². The molecule has 1 aromatic rings. The molecule has 0 aliphatic carbocycles. The summed E-state index contributed by atoms with van der Waals surface area (Å²) < 4.78 is 9.67. The number of amides is 1. The molecule has 6 heteroatoms. The highest BCUT2D eigenvalue weighted by Gasteiger charge is 2.15. The third-order valence-corrected chi connectivity index (χ3v) is 3.31. The van der Waals surface area contributed by atoms with Crippen molar-refractivity contribution in [3.8, 4) is 0 Å². The first-order valence-corrected chi connectivity index (χ1v) is 8.17. The smallest absolute Gasteiger partial charge is 0.407 e. The molecule has 1 amide bonds. The van der Waals surface area contributed by atoms with Gasteiger partial charge < -0.3 is 20.1 Å². The van der Waals surface area contributed by atoms with Gasteiger partial charge in [-0.25, -0.2) is 4.79 Å². The van der Waals surface area contributed by atoms with E-state index in [4.69, 9.17) is 4.74 Å². The van der Waals surface area contributed by atoms with Crippen molar-refractivity contribution in [2.24, 2.45) is 5.92 Å². The number of nitrogens with one attached hydrogen (secondary N) is 2. The molecule has 1 fully saturated rings. The van der Waals surface area contributed by atoms with E-state index in [1.54, 1.807) is 0 Å². The maximum atomic E-state index is 11.4. The lowest BCUT2D eigenvalue weighted by atomic mass is 10.1. The summed E-state index contributed by atoms with van der Waals surface area (Å²) in [6, 6.07) is 9.68. The van der Waals surface area contributed by atoms with Gasteiger partial charge in [-0.3, -0.25) is 4.79 Å². The number of alkyl carbamates (subject to hydrolysis) is 1. The Morgan fingerprint density at radius 2 is 2.04 bits per heavy atom. The maximum absolute atomic E-state index is 11.4. The molecule has 2 N–H and O–H groups in total. The van der Waals surface area contributed by atoms with E-state index in [0.29, 0.717) is 25.5 Å². The zero-order chi connectivity index (χ0) is 17.8. The van der Waals surface area contributed by atoms with Gasteiger partial charge in [-0.1, -0.05) is 30.3 Å². The molecule has 24 heavy (non-hydrogen) atoms. The quantitative estimate of drug-likeness (QED) is 0.808. The van der Waals surface area contributed by atoms with Crippen LogP contribution in [0.25, 0.3) is 0 Å². The monoisotopic (exact) mass is 336 g/mol. The number of carbonyl (C=O) groups excluding carboxylic acids is 2. The van der Waals surface area contributed by atoms with E-state index in [1.807, 2.05) is 51.1 Å². The highest BCUT2D eigenvalue weighted by Crippen LogP contribution is 2.06. The van der Waals surface area contributed by atoms with E-state index in [2.05, 4.69) is 15.4 Å². The van der Waals surface area contributed by atoms with Crippen LogP contribution >= 0.6 is 0 Å². The largest absolute Gasteiger partial charge is 0.462 e. The van der Waals surface area contributed by atoms with Crippen molar-refractivity contribution in [3.05, 3.63) is 35.9 Å². The number of ether oxygens (including phenoxy) is 2. The fourth-order valence-electron chi connectivity index (χ4n) is 2.03. The topological polar surface area (TPSA) is 76.7 Å². The van der Waals surface area contributed by atoms with Crippen molar-refractivity contribution in [2.75, 3.05) is 19.6 Å². The summed E-state index contributed by atoms with van der Waals surface area (Å²) in [5.74, 6) is 0.541. The standard InChI is InChI=1S/C13H18N2O2.C5H10O2/c16-13(15-9-12-6-7-14-8-12)17-10-11-4-2-1-3-5-11;1-5(2,3)7-4-6/h1-5,12,14H,6-10H2,(H,15,16);4H,1-3H3. The van der Waals surface area contributed by atoms with Crippen LogP contribution in [-0.2, 0) is 20.9 Å². The van der Waals surface area contributed by atoms with Crippen molar-refractivity contribution in [3.63, 3.8) is 0 Å². The van der Waals surface area contributed by atoms with Crippen molar-refractivity contribution in [1.29, 1.82) is 0 Å². The number of rotatable bonds is 5. The highest BCUT2D eigenvalue weighted by molar-refractivity contribution is 5.67. The van der Waals surface area contributed by atoms with Gasteiger partial charge in [0.2, 0.25) is 0 Å². The zero-order valence-electron chi connectivity index (χ0n) is 14.7. The number of hydrogen-bond acceptors (Lipinski definition) is 5. The molecule has 134 valence electrons. The van der Waals surface area contributed by atoms with Crippen LogP contribution in [0, 0.1) is 5.92 Å². The first kappa shape index (κ1) is 20.0. The fraction of sp³-hybridized carbons (Fsp3) is 0.556. The molecule has 0 bridgehead atoms. The molecule has 1 saturated heterocycles. The molecule has 0 aromatic heterocycles. The van der Waals surface area contributed by atoms with E-state index in [-0.39, 0.29) is 11.7 Å². The third kappa shape index (κ3) is 9.84. The third-order valence-electron chi connectivity index (χ3n) is 3.31. The van der Waals surface area contributed by atoms with Gasteiger partial charge >= 0.3 is 6.09 Å². The van der Waals surface area contributed by atoms with Gasteiger partial charge in [0.25, 0.3) is 6.47 Å². The molecule has 0 radical (unpaired) electrons. The molecule has 1 heterocycles. The summed E-state index contributed by atoms with van der Waals surface area (Å²) in [6.45, 7) is 8.98. The van der Waals surface area contributed by atoms with Gasteiger partial charge in [-0.2, -0.15) is 0 Å². The van der Waals surface area contributed by atoms with Crippen LogP contribution in [0.1, 0.15) is 32.8 Å². The van der Waals surface area contributed by atoms with E-state index >= 15 is 0 Å². The molecule has 1 atom stereocenters. The summed E-state index contributed by atoms with van der Waals surface area (Å²) in [5.41, 5.74) is 0.687. The molecule has 0 saturated carbocycles. The van der Waals surface area contributed by atoms with E-state index in [1.165, 1.54) is 0 Å². The van der Waals surface area contributed by atoms with Crippen molar-refractivity contribution in [2.45, 2.75) is 39.4 Å². The summed E-state index contributed by atoms with van der Waals surface area (Å²) >= 11 is 0. The van der Waals surface area contributed by atoms with Gasteiger partial charge in [0.1, 0.15) is 12.2 Å². The van der Waals surface area contributed by atoms with Crippen LogP contribution in [0.2, 0.25) is 0 Å². The van der Waals surface area contributed by atoms with Crippen LogP contribution in [0.4, 0.5) is 4.79 Å². The molecule has 2 rings (SSSR count). The van der Waals surface area contributed by atoms with Crippen LogP contribution < -0.4 is 10.6 Å². The van der Waals surface area contributed by atoms with Gasteiger partial charge in [0, 0.05) is 6.54 Å². The number of carbonyl (C=O) groups is 2. The normalized spacial score (nSPS) is 16.5. The second-order valence-corrected chi connectivity index (χ2v) is 6.63. The SMILES string of the molecule is CC(C)(C)OC=O.O=C(NCC1CCNC1)OCc1ccccc1. The highest BCUT2D eigenvalue weighted by atomic mass is 16.5. The fourth-order valence-corrected chi connectivity index (χ4v) is 2.03. The number of benzene rings is 1. The first-order valence-electron chi connectivity index (χ1n) is 8.17. The summed E-state index contributed by atoms with van der Waals surface area (Å²) in [4.78, 5) is 21.0. The molecule has 1 aliphatic heterocycles. The summed E-state index contributed by atoms with van der Waals surface area (Å²) in [6.07, 6.45) is 0.791. The molecular weight excluding hydrogens is 308 g/mol. The predicted octanol–water partition coefficient (Wildman–Crippen LogP) is 2.48. The van der Waals surface area contributed by atoms with E-state index in [0.717, 1.165) is 25.1 Å². The lowest BCUT2D eigenvalue weighted by Crippen LogP contribution is -2.30. The zero-order valence-corrected chi connectivity index (χ0v) is 14.7. The lowest BCUT2D eigenvalue weighted by molar-refractivity contribution is -0.138. The maximum Gasteiger partial charge on any atom is 0.407 e. The second-order valence-electron chi connectivity index (χ2n) is 6.63. The van der Waals surface area contributed by atoms with Gasteiger partial charge in [0.05, 0.1) is 0 Å². The Bertz CT molecular complexity index is 480. The minimum atomic E-state index is -0.333. The first-order chi connectivity index (χ1) is 11.4. The minimum absolute atomic E-state index is 0.318. The Morgan fingerprint density at radius 1 is 1.33 bits per heavy atom. The van der Waals surface area contributed by atoms with Crippen LogP contribution in [0.3, 0.4) is 0 Å². The minimum Gasteiger partial charge on any atom is -0.462 e. The molecule has 0 spiro atoms. The number of hydrogen-bond donors (Lipinski definition) is 2. The van der Waals surface area contributed by atoms with Gasteiger partial charge in [-0.15, -0.1) is 0 Å². The Morgan fingerprint density at radius 3 is 2.54 bits per heavy atom. The Labute approximate surface area is 143 Å². The Kier molecular flexibility index (Phi) is 8.86. The van der Waals surface area contributed by atoms with Crippen LogP contribution in [0.5, 0.6) is 0 Å². The second kappa shape index (κ2) is 10.6. The summed E-state index contributed by atoms with van der Waals surface area (Å²) in [7, 11) is 0. The Hall–Kier alpha value is -2.08. The molecule has 1 aliphatic rings. The van der Waals surface area contributed by atoms with E-state index < -0.39 is 0 Å². The van der Waals surface area contributed by atoms with Crippen LogP contribution in [0.15, 0.2) is 30.3 Å². The lowest BCUT2D eigenvalue weighted by Gasteiger charge is -2.14. The molecule has 6 nitrogen and oxygen atoms in total. The molecular formula is C18H28N2O4. The predicted molar refractivity (Wildman–Crippen MR) is 92.5 cm³/mol. The van der Waals surface area contributed by atoms with E-state index in [9.17, 15) is 9.59 Å². The van der Waals surface area contributed by atoms with Gasteiger partial charge in [0.15, 0.2) is 0 Å². The molecule has 1 aromatic carbocycles. The van der Waals surface area contributed by atoms with Crippen LogP contribution in [-0.4, -0.2) is 37.8 Å². The molecule has 1 unspecified atom stereocenters. The van der Waals surface area contributed by atoms with Crippen molar-refractivity contribution in [1.82, 2.24) is 10.6 Å². The van der Waals surface area contributed by atoms with Gasteiger partial charge in [-0.05, 0) is 51.8 Å². The summed E-state index contributed by atoms with van der Waals surface area (Å²) in [5, 5.41) is 6.06. The Balaban J connectivity index is 0.000000351.